The van der Waals surface area contributed by atoms with Gasteiger partial charge in [-0.05, 0) is 49.1 Å². The molecule has 0 amide bonds. The third-order valence-corrected chi connectivity index (χ3v) is 4.38. The molecule has 3 aromatic rings. The molecule has 3 heterocycles. The first-order chi connectivity index (χ1) is 13.9. The van der Waals surface area contributed by atoms with Crippen molar-refractivity contribution in [3.8, 4) is 0 Å². The van der Waals surface area contributed by atoms with E-state index in [0.717, 1.165) is 37.2 Å². The van der Waals surface area contributed by atoms with E-state index in [1.807, 2.05) is 42.5 Å². The molecule has 0 spiro atoms. The van der Waals surface area contributed by atoms with Gasteiger partial charge in [0.05, 0.1) is 6.21 Å². The molecule has 2 N–H and O–H groups in total. The summed E-state index contributed by atoms with van der Waals surface area (Å²) in [5.74, 6) is 1.55. The summed E-state index contributed by atoms with van der Waals surface area (Å²) in [6.07, 6.45) is 8.70. The largest absolute Gasteiger partial charge is 0.341 e. The third-order valence-electron chi connectivity index (χ3n) is 4.38. The second-order valence-corrected chi connectivity index (χ2v) is 6.47. The van der Waals surface area contributed by atoms with E-state index in [-0.39, 0.29) is 0 Å². The van der Waals surface area contributed by atoms with Crippen LogP contribution in [0.3, 0.4) is 0 Å². The zero-order valence-corrected chi connectivity index (χ0v) is 15.5. The van der Waals surface area contributed by atoms with Crippen molar-refractivity contribution in [3.63, 3.8) is 0 Å². The number of aromatic nitrogens is 4. The van der Waals surface area contributed by atoms with Crippen LogP contribution in [-0.2, 0) is 0 Å². The van der Waals surface area contributed by atoms with Gasteiger partial charge in [-0.25, -0.2) is 5.43 Å². The predicted molar refractivity (Wildman–Crippen MR) is 111 cm³/mol. The molecule has 1 fully saturated rings. The normalized spacial score (nSPS) is 14.2. The maximum absolute atomic E-state index is 4.61. The number of pyridine rings is 1. The van der Waals surface area contributed by atoms with E-state index in [1.165, 1.54) is 6.42 Å². The van der Waals surface area contributed by atoms with Gasteiger partial charge in [0.25, 0.3) is 0 Å². The lowest BCUT2D eigenvalue weighted by atomic mass is 10.1. The first-order valence-electron chi connectivity index (χ1n) is 9.39. The molecule has 1 aromatic carbocycles. The number of nitrogens with zero attached hydrogens (tertiary/aromatic N) is 6. The average Bonchev–Trinajstić information content (AvgIpc) is 2.76. The Morgan fingerprint density at radius 2 is 1.61 bits per heavy atom. The highest BCUT2D eigenvalue weighted by atomic mass is 15.4. The van der Waals surface area contributed by atoms with Crippen LogP contribution in [0.25, 0.3) is 0 Å². The van der Waals surface area contributed by atoms with Crippen molar-refractivity contribution < 1.29 is 0 Å². The number of rotatable bonds is 6. The number of hydrogen-bond acceptors (Lipinski definition) is 8. The second kappa shape index (κ2) is 8.90. The fourth-order valence-corrected chi connectivity index (χ4v) is 2.97. The highest BCUT2D eigenvalue weighted by molar-refractivity contribution is 5.79. The minimum atomic E-state index is 0.402. The first-order valence-corrected chi connectivity index (χ1v) is 9.39. The molecule has 8 nitrogen and oxygen atoms in total. The zero-order valence-electron chi connectivity index (χ0n) is 15.5. The number of nitrogens with one attached hydrogen (secondary N) is 2. The van der Waals surface area contributed by atoms with Gasteiger partial charge < -0.3 is 10.2 Å². The molecule has 0 saturated carbocycles. The molecule has 0 unspecified atom stereocenters. The highest BCUT2D eigenvalue weighted by Gasteiger charge is 2.16. The number of hydrogen-bond donors (Lipinski definition) is 2. The standard InChI is InChI=1S/C20H22N8/c1-3-7-17(8-4-1)23-18-24-19(27-22-15-16-9-11-21-12-10-16)26-20(25-18)28-13-5-2-6-14-28/h1,3-4,7-12,15H,2,5-6,13-14H2,(H2,23,24,25,26,27). The Kier molecular flexibility index (Phi) is 5.67. The third kappa shape index (κ3) is 4.79. The van der Waals surface area contributed by atoms with Crippen LogP contribution < -0.4 is 15.6 Å². The van der Waals surface area contributed by atoms with Crippen molar-refractivity contribution in [1.82, 2.24) is 19.9 Å². The van der Waals surface area contributed by atoms with Gasteiger partial charge in [0.2, 0.25) is 17.8 Å². The Morgan fingerprint density at radius 1 is 0.857 bits per heavy atom. The van der Waals surface area contributed by atoms with Gasteiger partial charge in [-0.15, -0.1) is 0 Å². The molecular formula is C20H22N8. The minimum Gasteiger partial charge on any atom is -0.341 e. The molecule has 1 aliphatic heterocycles. The molecular weight excluding hydrogens is 352 g/mol. The fraction of sp³-hybridized carbons (Fsp3) is 0.250. The van der Waals surface area contributed by atoms with Crippen molar-refractivity contribution >= 4 is 29.7 Å². The number of hydrazone groups is 1. The van der Waals surface area contributed by atoms with Crippen molar-refractivity contribution in [3.05, 3.63) is 60.4 Å². The lowest BCUT2D eigenvalue weighted by Gasteiger charge is -2.26. The van der Waals surface area contributed by atoms with E-state index in [4.69, 9.17) is 0 Å². The number of para-hydroxylation sites is 1. The van der Waals surface area contributed by atoms with E-state index >= 15 is 0 Å². The van der Waals surface area contributed by atoms with Crippen LogP contribution >= 0.6 is 0 Å². The smallest absolute Gasteiger partial charge is 0.250 e. The Labute approximate surface area is 163 Å². The summed E-state index contributed by atoms with van der Waals surface area (Å²) in [7, 11) is 0. The lowest BCUT2D eigenvalue weighted by molar-refractivity contribution is 0.568. The molecule has 1 saturated heterocycles. The summed E-state index contributed by atoms with van der Waals surface area (Å²) < 4.78 is 0. The van der Waals surface area contributed by atoms with Gasteiger partial charge in [0, 0.05) is 31.2 Å². The van der Waals surface area contributed by atoms with Crippen LogP contribution in [-0.4, -0.2) is 39.2 Å². The monoisotopic (exact) mass is 374 g/mol. The molecule has 8 heteroatoms. The molecule has 4 rings (SSSR count). The molecule has 0 atom stereocenters. The van der Waals surface area contributed by atoms with E-state index < -0.39 is 0 Å². The molecule has 1 aliphatic rings. The summed E-state index contributed by atoms with van der Waals surface area (Å²) in [5.41, 5.74) is 4.78. The van der Waals surface area contributed by atoms with E-state index in [1.54, 1.807) is 18.6 Å². The van der Waals surface area contributed by atoms with Gasteiger partial charge in [-0.3, -0.25) is 4.98 Å². The molecule has 2 aromatic heterocycles. The van der Waals surface area contributed by atoms with Crippen LogP contribution in [0.2, 0.25) is 0 Å². The Balaban J connectivity index is 1.56. The van der Waals surface area contributed by atoms with E-state index in [2.05, 4.69) is 40.7 Å². The molecule has 0 bridgehead atoms. The molecule has 28 heavy (non-hydrogen) atoms. The summed E-state index contributed by atoms with van der Waals surface area (Å²) >= 11 is 0. The van der Waals surface area contributed by atoms with Crippen LogP contribution in [0.15, 0.2) is 60.0 Å². The zero-order chi connectivity index (χ0) is 19.0. The maximum atomic E-state index is 4.61. The van der Waals surface area contributed by atoms with Gasteiger partial charge >= 0.3 is 0 Å². The number of anilines is 4. The predicted octanol–water partition coefficient (Wildman–Crippen LogP) is 3.45. The van der Waals surface area contributed by atoms with Gasteiger partial charge in [-0.2, -0.15) is 20.1 Å². The number of piperidine rings is 1. The minimum absolute atomic E-state index is 0.402. The quantitative estimate of drug-likeness (QED) is 0.504. The highest BCUT2D eigenvalue weighted by Crippen LogP contribution is 2.20. The summed E-state index contributed by atoms with van der Waals surface area (Å²) in [5, 5.41) is 7.49. The van der Waals surface area contributed by atoms with Crippen molar-refractivity contribution in [2.24, 2.45) is 5.10 Å². The molecule has 0 radical (unpaired) electrons. The first kappa shape index (κ1) is 17.8. The van der Waals surface area contributed by atoms with Crippen molar-refractivity contribution in [2.45, 2.75) is 19.3 Å². The van der Waals surface area contributed by atoms with Gasteiger partial charge in [0.1, 0.15) is 0 Å². The summed E-state index contributed by atoms with van der Waals surface area (Å²) in [6, 6.07) is 13.6. The van der Waals surface area contributed by atoms with Crippen LogP contribution in [0, 0.1) is 0 Å². The molecule has 142 valence electrons. The van der Waals surface area contributed by atoms with Crippen LogP contribution in [0.4, 0.5) is 23.5 Å². The van der Waals surface area contributed by atoms with Gasteiger partial charge in [0.15, 0.2) is 0 Å². The van der Waals surface area contributed by atoms with Crippen molar-refractivity contribution in [2.75, 3.05) is 28.7 Å². The Bertz CT molecular complexity index is 908. The SMILES string of the molecule is C(=NNc1nc(Nc2ccccc2)nc(N2CCCCC2)n1)c1ccncc1. The van der Waals surface area contributed by atoms with Gasteiger partial charge in [-0.1, -0.05) is 18.2 Å². The summed E-state index contributed by atoms with van der Waals surface area (Å²) in [4.78, 5) is 19.8. The Hall–Kier alpha value is -3.55. The topological polar surface area (TPSA) is 91.2 Å². The van der Waals surface area contributed by atoms with E-state index in [9.17, 15) is 0 Å². The lowest BCUT2D eigenvalue weighted by Crippen LogP contribution is -2.31. The fourth-order valence-electron chi connectivity index (χ4n) is 2.97. The summed E-state index contributed by atoms with van der Waals surface area (Å²) in [6.45, 7) is 1.91. The average molecular weight is 374 g/mol. The van der Waals surface area contributed by atoms with Crippen molar-refractivity contribution in [1.29, 1.82) is 0 Å². The second-order valence-electron chi connectivity index (χ2n) is 6.47. The maximum Gasteiger partial charge on any atom is 0.250 e. The molecule has 0 aliphatic carbocycles. The van der Waals surface area contributed by atoms with E-state index in [0.29, 0.717) is 17.8 Å². The van der Waals surface area contributed by atoms with Crippen LogP contribution in [0.5, 0.6) is 0 Å². The van der Waals surface area contributed by atoms with Crippen LogP contribution in [0.1, 0.15) is 24.8 Å². The Morgan fingerprint density at radius 3 is 2.39 bits per heavy atom. The number of benzene rings is 1.